The number of imide groups is 1. The Balaban J connectivity index is 1.34. The lowest BCUT2D eigenvalue weighted by molar-refractivity contribution is -0.139. The lowest BCUT2D eigenvalue weighted by Crippen LogP contribution is -2.51. The molecule has 0 aromatic rings. The maximum absolute atomic E-state index is 12.3. The van der Waals surface area contributed by atoms with Crippen LogP contribution in [-0.2, 0) is 14.4 Å². The highest BCUT2D eigenvalue weighted by Crippen LogP contribution is 2.18. The topological polar surface area (TPSA) is 98.8 Å². The molecular formula is C19H30N4O4. The van der Waals surface area contributed by atoms with Gasteiger partial charge in [-0.15, -0.1) is 0 Å². The van der Waals surface area contributed by atoms with Gasteiger partial charge >= 0.3 is 6.03 Å². The van der Waals surface area contributed by atoms with Crippen LogP contribution in [0, 0.1) is 0 Å². The minimum Gasteiger partial charge on any atom is -0.342 e. The van der Waals surface area contributed by atoms with Crippen molar-refractivity contribution < 1.29 is 19.2 Å². The average Bonchev–Trinajstić information content (AvgIpc) is 2.99. The summed E-state index contributed by atoms with van der Waals surface area (Å²) in [5.41, 5.74) is 0. The molecule has 3 fully saturated rings. The predicted octanol–water partition coefficient (Wildman–Crippen LogP) is 1.15. The zero-order valence-corrected chi connectivity index (χ0v) is 15.9. The number of nitrogens with one attached hydrogen (secondary N) is 2. The highest BCUT2D eigenvalue weighted by Gasteiger charge is 2.30. The summed E-state index contributed by atoms with van der Waals surface area (Å²) in [7, 11) is 0. The number of hydrogen-bond acceptors (Lipinski definition) is 4. The summed E-state index contributed by atoms with van der Waals surface area (Å²) in [5.74, 6) is -0.396. The van der Waals surface area contributed by atoms with E-state index < -0.39 is 0 Å². The fourth-order valence-electron chi connectivity index (χ4n) is 4.17. The smallest absolute Gasteiger partial charge is 0.315 e. The van der Waals surface area contributed by atoms with Crippen molar-refractivity contribution in [2.45, 2.75) is 76.3 Å². The second-order valence-corrected chi connectivity index (χ2v) is 7.80. The fourth-order valence-corrected chi connectivity index (χ4v) is 4.17. The molecule has 1 aliphatic carbocycles. The van der Waals surface area contributed by atoms with E-state index in [9.17, 15) is 19.2 Å². The predicted molar refractivity (Wildman–Crippen MR) is 98.7 cm³/mol. The minimum atomic E-state index is -0.181. The number of amides is 5. The summed E-state index contributed by atoms with van der Waals surface area (Å²) in [6.45, 7) is 1.36. The number of carbonyl (C=O) groups is 4. The van der Waals surface area contributed by atoms with Crippen LogP contribution in [0.5, 0.6) is 0 Å². The maximum Gasteiger partial charge on any atom is 0.315 e. The van der Waals surface area contributed by atoms with Gasteiger partial charge in [-0.05, 0) is 25.7 Å². The number of rotatable bonds is 5. The molecule has 2 heterocycles. The van der Waals surface area contributed by atoms with Crippen molar-refractivity contribution in [3.8, 4) is 0 Å². The summed E-state index contributed by atoms with van der Waals surface area (Å²) < 4.78 is 0. The Hall–Kier alpha value is -2.12. The monoisotopic (exact) mass is 378 g/mol. The van der Waals surface area contributed by atoms with Gasteiger partial charge < -0.3 is 15.5 Å². The Bertz CT molecular complexity index is 564. The molecule has 0 unspecified atom stereocenters. The van der Waals surface area contributed by atoms with Gasteiger partial charge in [0.25, 0.3) is 0 Å². The SMILES string of the molecule is O=C(NC1CCCCC1)NC1CCN(C(=O)CCN2C(=O)CCC2=O)CC1. The number of carbonyl (C=O) groups excluding carboxylic acids is 4. The molecule has 0 aromatic carbocycles. The summed E-state index contributed by atoms with van der Waals surface area (Å²) in [5, 5.41) is 6.09. The van der Waals surface area contributed by atoms with Crippen LogP contribution in [0.2, 0.25) is 0 Å². The third-order valence-corrected chi connectivity index (χ3v) is 5.83. The van der Waals surface area contributed by atoms with Gasteiger partial charge in [0.1, 0.15) is 0 Å². The molecule has 1 saturated carbocycles. The van der Waals surface area contributed by atoms with E-state index in [0.717, 1.165) is 25.7 Å². The van der Waals surface area contributed by atoms with Crippen LogP contribution in [-0.4, -0.2) is 65.3 Å². The largest absolute Gasteiger partial charge is 0.342 e. The van der Waals surface area contributed by atoms with E-state index in [4.69, 9.17) is 0 Å². The Morgan fingerprint density at radius 1 is 0.852 bits per heavy atom. The Morgan fingerprint density at radius 3 is 2.00 bits per heavy atom. The van der Waals surface area contributed by atoms with Crippen LogP contribution in [0.15, 0.2) is 0 Å². The first-order valence-corrected chi connectivity index (χ1v) is 10.2. The summed E-state index contributed by atoms with van der Waals surface area (Å²) in [6.07, 6.45) is 7.88. The van der Waals surface area contributed by atoms with Crippen molar-refractivity contribution in [1.82, 2.24) is 20.4 Å². The molecule has 27 heavy (non-hydrogen) atoms. The minimum absolute atomic E-state index is 0.0346. The first kappa shape index (κ1) is 19.6. The first-order chi connectivity index (χ1) is 13.0. The van der Waals surface area contributed by atoms with E-state index in [2.05, 4.69) is 10.6 Å². The van der Waals surface area contributed by atoms with Crippen LogP contribution in [0.4, 0.5) is 4.79 Å². The van der Waals surface area contributed by atoms with Gasteiger partial charge in [0.05, 0.1) is 0 Å². The van der Waals surface area contributed by atoms with E-state index in [-0.39, 0.29) is 61.6 Å². The molecule has 0 radical (unpaired) electrons. The maximum atomic E-state index is 12.3. The van der Waals surface area contributed by atoms with Crippen LogP contribution in [0.3, 0.4) is 0 Å². The van der Waals surface area contributed by atoms with E-state index >= 15 is 0 Å². The molecule has 0 atom stereocenters. The number of hydrogen-bond donors (Lipinski definition) is 2. The van der Waals surface area contributed by atoms with Crippen LogP contribution < -0.4 is 10.6 Å². The molecule has 3 aliphatic rings. The third-order valence-electron chi connectivity index (χ3n) is 5.83. The Morgan fingerprint density at radius 2 is 1.41 bits per heavy atom. The zero-order chi connectivity index (χ0) is 19.2. The van der Waals surface area contributed by atoms with Gasteiger partial charge in [-0.3, -0.25) is 19.3 Å². The van der Waals surface area contributed by atoms with Gasteiger partial charge in [0.2, 0.25) is 17.7 Å². The molecule has 2 N–H and O–H groups in total. The van der Waals surface area contributed by atoms with Crippen molar-refractivity contribution in [2.24, 2.45) is 0 Å². The van der Waals surface area contributed by atoms with Crippen molar-refractivity contribution in [3.05, 3.63) is 0 Å². The van der Waals surface area contributed by atoms with E-state index in [1.54, 1.807) is 4.90 Å². The second kappa shape index (κ2) is 9.19. The van der Waals surface area contributed by atoms with E-state index in [1.807, 2.05) is 0 Å². The van der Waals surface area contributed by atoms with Gasteiger partial charge in [0.15, 0.2) is 0 Å². The van der Waals surface area contributed by atoms with Crippen molar-refractivity contribution in [2.75, 3.05) is 19.6 Å². The number of piperidine rings is 1. The van der Waals surface area contributed by atoms with Crippen LogP contribution in [0.25, 0.3) is 0 Å². The molecule has 0 spiro atoms. The average molecular weight is 378 g/mol. The third kappa shape index (κ3) is 5.43. The molecular weight excluding hydrogens is 348 g/mol. The second-order valence-electron chi connectivity index (χ2n) is 7.80. The molecule has 150 valence electrons. The molecule has 8 nitrogen and oxygen atoms in total. The number of likely N-dealkylation sites (tertiary alicyclic amines) is 2. The van der Waals surface area contributed by atoms with Crippen molar-refractivity contribution in [1.29, 1.82) is 0 Å². The number of nitrogens with zero attached hydrogens (tertiary/aromatic N) is 2. The van der Waals surface area contributed by atoms with Gasteiger partial charge in [-0.25, -0.2) is 4.79 Å². The summed E-state index contributed by atoms with van der Waals surface area (Å²) in [4.78, 5) is 50.6. The highest BCUT2D eigenvalue weighted by molar-refractivity contribution is 6.02. The van der Waals surface area contributed by atoms with Gasteiger partial charge in [-0.2, -0.15) is 0 Å². The Labute approximate surface area is 160 Å². The zero-order valence-electron chi connectivity index (χ0n) is 15.9. The summed E-state index contributed by atoms with van der Waals surface area (Å²) in [6, 6.07) is 0.272. The normalized spacial score (nSPS) is 22.2. The molecule has 2 aliphatic heterocycles. The molecule has 0 aromatic heterocycles. The standard InChI is InChI=1S/C19H30N4O4/c24-16(10-13-23-17(25)6-7-18(23)26)22-11-8-15(9-12-22)21-19(27)20-14-4-2-1-3-5-14/h14-15H,1-13H2,(H2,20,21,27). The lowest BCUT2D eigenvalue weighted by atomic mass is 9.96. The van der Waals surface area contributed by atoms with Crippen LogP contribution >= 0.6 is 0 Å². The fraction of sp³-hybridized carbons (Fsp3) is 0.789. The molecule has 2 saturated heterocycles. The van der Waals surface area contributed by atoms with Gasteiger partial charge in [-0.1, -0.05) is 19.3 Å². The van der Waals surface area contributed by atoms with Crippen molar-refractivity contribution >= 4 is 23.8 Å². The summed E-state index contributed by atoms with van der Waals surface area (Å²) >= 11 is 0. The molecule has 5 amide bonds. The highest BCUT2D eigenvalue weighted by atomic mass is 16.2. The molecule has 3 rings (SSSR count). The first-order valence-electron chi connectivity index (χ1n) is 10.2. The Kier molecular flexibility index (Phi) is 6.68. The quantitative estimate of drug-likeness (QED) is 0.701. The molecule has 0 bridgehead atoms. The number of urea groups is 1. The van der Waals surface area contributed by atoms with E-state index in [1.165, 1.54) is 24.2 Å². The van der Waals surface area contributed by atoms with Gasteiger partial charge in [0, 0.05) is 51.0 Å². The lowest BCUT2D eigenvalue weighted by Gasteiger charge is -2.33. The van der Waals surface area contributed by atoms with Crippen LogP contribution in [0.1, 0.15) is 64.2 Å². The van der Waals surface area contributed by atoms with E-state index in [0.29, 0.717) is 13.1 Å². The molecule has 8 heteroatoms. The van der Waals surface area contributed by atoms with Crippen molar-refractivity contribution in [3.63, 3.8) is 0 Å².